The van der Waals surface area contributed by atoms with Crippen molar-refractivity contribution >= 4 is 21.8 Å². The van der Waals surface area contributed by atoms with E-state index in [9.17, 15) is 4.79 Å². The number of ether oxygens (including phenoxy) is 1. The van der Waals surface area contributed by atoms with Gasteiger partial charge >= 0.3 is 0 Å². The van der Waals surface area contributed by atoms with E-state index in [1.807, 2.05) is 61.5 Å². The number of nitrogens with two attached hydrogens (primary N) is 1. The Kier molecular flexibility index (Phi) is 6.62. The van der Waals surface area contributed by atoms with E-state index in [2.05, 4.69) is 21.2 Å². The van der Waals surface area contributed by atoms with Crippen LogP contribution in [0.25, 0.3) is 0 Å². The lowest BCUT2D eigenvalue weighted by molar-refractivity contribution is -0.128. The summed E-state index contributed by atoms with van der Waals surface area (Å²) in [6.45, 7) is 2.45. The van der Waals surface area contributed by atoms with Crippen molar-refractivity contribution in [2.24, 2.45) is 5.73 Å². The van der Waals surface area contributed by atoms with E-state index < -0.39 is 6.10 Å². The highest BCUT2D eigenvalue weighted by atomic mass is 79.9. The molecule has 0 aliphatic heterocycles. The van der Waals surface area contributed by atoms with Gasteiger partial charge in [0.1, 0.15) is 5.75 Å². The number of hydrogen-bond acceptors (Lipinski definition) is 3. The molecule has 2 unspecified atom stereocenters. The van der Waals surface area contributed by atoms with Crippen LogP contribution in [0.4, 0.5) is 0 Å². The van der Waals surface area contributed by atoms with Crippen LogP contribution in [0.2, 0.25) is 0 Å². The van der Waals surface area contributed by atoms with E-state index >= 15 is 0 Å². The van der Waals surface area contributed by atoms with Crippen molar-refractivity contribution < 1.29 is 9.53 Å². The average Bonchev–Trinajstić information content (AvgIpc) is 2.54. The molecule has 0 saturated carbocycles. The van der Waals surface area contributed by atoms with Gasteiger partial charge in [-0.05, 0) is 37.6 Å². The molecule has 0 heterocycles. The van der Waals surface area contributed by atoms with Crippen LogP contribution in [0.5, 0.6) is 5.75 Å². The fourth-order valence-electron chi connectivity index (χ4n) is 2.07. The Morgan fingerprint density at radius 1 is 1.17 bits per heavy atom. The van der Waals surface area contributed by atoms with Gasteiger partial charge in [0.2, 0.25) is 6.10 Å². The number of amides is 1. The molecule has 3 N–H and O–H groups in total. The van der Waals surface area contributed by atoms with Gasteiger partial charge in [0.15, 0.2) is 0 Å². The summed E-state index contributed by atoms with van der Waals surface area (Å²) in [5, 5.41) is 2.89. The molecule has 0 spiro atoms. The highest BCUT2D eigenvalue weighted by Gasteiger charge is 2.22. The second-order valence-corrected chi connectivity index (χ2v) is 6.34. The third-order valence-corrected chi connectivity index (χ3v) is 3.84. The SMILES string of the molecule is CC(N)CCNC(=O)C(Oc1ccc(Br)cc1)c1ccccc1. The quantitative estimate of drug-likeness (QED) is 0.777. The summed E-state index contributed by atoms with van der Waals surface area (Å²) in [4.78, 5) is 12.5. The predicted octanol–water partition coefficient (Wildman–Crippen LogP) is 3.42. The molecule has 0 saturated heterocycles. The molecule has 0 fully saturated rings. The summed E-state index contributed by atoms with van der Waals surface area (Å²) in [5.74, 6) is 0.476. The molecule has 0 aromatic heterocycles. The molecular formula is C18H21BrN2O2. The second kappa shape index (κ2) is 8.70. The highest BCUT2D eigenvalue weighted by Crippen LogP contribution is 2.24. The Morgan fingerprint density at radius 2 is 1.83 bits per heavy atom. The number of rotatable bonds is 7. The summed E-state index contributed by atoms with van der Waals surface area (Å²) < 4.78 is 6.87. The lowest BCUT2D eigenvalue weighted by Crippen LogP contribution is -2.35. The van der Waals surface area contributed by atoms with Crippen molar-refractivity contribution in [1.82, 2.24) is 5.32 Å². The first kappa shape index (κ1) is 17.5. The molecule has 2 atom stereocenters. The van der Waals surface area contributed by atoms with Crippen molar-refractivity contribution in [2.45, 2.75) is 25.5 Å². The lowest BCUT2D eigenvalue weighted by Gasteiger charge is -2.19. The van der Waals surface area contributed by atoms with E-state index in [-0.39, 0.29) is 11.9 Å². The van der Waals surface area contributed by atoms with Crippen molar-refractivity contribution in [3.8, 4) is 5.75 Å². The van der Waals surface area contributed by atoms with E-state index in [0.717, 1.165) is 16.5 Å². The molecule has 1 amide bonds. The molecule has 122 valence electrons. The van der Waals surface area contributed by atoms with Crippen molar-refractivity contribution in [1.29, 1.82) is 0 Å². The molecule has 2 rings (SSSR count). The maximum atomic E-state index is 12.5. The smallest absolute Gasteiger partial charge is 0.265 e. The normalized spacial score (nSPS) is 13.2. The number of halogens is 1. The maximum Gasteiger partial charge on any atom is 0.265 e. The minimum Gasteiger partial charge on any atom is -0.476 e. The van der Waals surface area contributed by atoms with E-state index in [4.69, 9.17) is 10.5 Å². The third kappa shape index (κ3) is 5.69. The lowest BCUT2D eigenvalue weighted by atomic mass is 10.1. The van der Waals surface area contributed by atoms with Gasteiger partial charge in [-0.1, -0.05) is 46.3 Å². The summed E-state index contributed by atoms with van der Waals surface area (Å²) in [7, 11) is 0. The van der Waals surface area contributed by atoms with Gasteiger partial charge in [-0.2, -0.15) is 0 Å². The van der Waals surface area contributed by atoms with Gasteiger partial charge in [-0.3, -0.25) is 4.79 Å². The van der Waals surface area contributed by atoms with Crippen molar-refractivity contribution in [3.63, 3.8) is 0 Å². The Balaban J connectivity index is 2.11. The minimum absolute atomic E-state index is 0.0536. The topological polar surface area (TPSA) is 64.3 Å². The number of carbonyl (C=O) groups excluding carboxylic acids is 1. The molecule has 0 aliphatic rings. The molecule has 2 aromatic rings. The molecule has 0 bridgehead atoms. The van der Waals surface area contributed by atoms with Crippen molar-refractivity contribution in [2.75, 3.05) is 6.54 Å². The first-order chi connectivity index (χ1) is 11.1. The van der Waals surface area contributed by atoms with Crippen LogP contribution in [0.15, 0.2) is 59.1 Å². The van der Waals surface area contributed by atoms with Gasteiger partial charge < -0.3 is 15.8 Å². The summed E-state index contributed by atoms with van der Waals surface area (Å²) in [6, 6.07) is 16.9. The molecule has 0 aliphatic carbocycles. The zero-order valence-corrected chi connectivity index (χ0v) is 14.6. The molecule has 23 heavy (non-hydrogen) atoms. The largest absolute Gasteiger partial charge is 0.476 e. The Labute approximate surface area is 145 Å². The van der Waals surface area contributed by atoms with E-state index in [0.29, 0.717) is 12.3 Å². The van der Waals surface area contributed by atoms with Crippen LogP contribution in [0, 0.1) is 0 Å². The minimum atomic E-state index is -0.689. The van der Waals surface area contributed by atoms with Crippen molar-refractivity contribution in [3.05, 3.63) is 64.6 Å². The average molecular weight is 377 g/mol. The predicted molar refractivity (Wildman–Crippen MR) is 95.2 cm³/mol. The number of carbonyl (C=O) groups is 1. The summed E-state index contributed by atoms with van der Waals surface area (Å²) >= 11 is 3.39. The first-order valence-corrected chi connectivity index (χ1v) is 8.36. The zero-order chi connectivity index (χ0) is 16.7. The molecule has 5 heteroatoms. The van der Waals surface area contributed by atoms with Gasteiger partial charge in [0, 0.05) is 22.6 Å². The fourth-order valence-corrected chi connectivity index (χ4v) is 2.33. The fraction of sp³-hybridized carbons (Fsp3) is 0.278. The van der Waals surface area contributed by atoms with Crippen LogP contribution in [-0.4, -0.2) is 18.5 Å². The van der Waals surface area contributed by atoms with Gasteiger partial charge in [-0.15, -0.1) is 0 Å². The van der Waals surface area contributed by atoms with E-state index in [1.165, 1.54) is 0 Å². The second-order valence-electron chi connectivity index (χ2n) is 5.42. The summed E-state index contributed by atoms with van der Waals surface area (Å²) in [5.41, 5.74) is 6.53. The zero-order valence-electron chi connectivity index (χ0n) is 13.0. The molecular weight excluding hydrogens is 356 g/mol. The number of benzene rings is 2. The van der Waals surface area contributed by atoms with Gasteiger partial charge in [0.05, 0.1) is 0 Å². The van der Waals surface area contributed by atoms with Crippen LogP contribution >= 0.6 is 15.9 Å². The van der Waals surface area contributed by atoms with Gasteiger partial charge in [0.25, 0.3) is 5.91 Å². The molecule has 4 nitrogen and oxygen atoms in total. The van der Waals surface area contributed by atoms with Crippen LogP contribution in [0.3, 0.4) is 0 Å². The van der Waals surface area contributed by atoms with Gasteiger partial charge in [-0.25, -0.2) is 0 Å². The monoisotopic (exact) mass is 376 g/mol. The van der Waals surface area contributed by atoms with Crippen LogP contribution < -0.4 is 15.8 Å². The molecule has 0 radical (unpaired) electrons. The standard InChI is InChI=1S/C18H21BrN2O2/c1-13(20)11-12-21-18(22)17(14-5-3-2-4-6-14)23-16-9-7-15(19)8-10-16/h2-10,13,17H,11-12,20H2,1H3,(H,21,22). The Bertz CT molecular complexity index is 615. The maximum absolute atomic E-state index is 12.5. The Hall–Kier alpha value is -1.85. The Morgan fingerprint density at radius 3 is 2.43 bits per heavy atom. The summed E-state index contributed by atoms with van der Waals surface area (Å²) in [6.07, 6.45) is 0.0383. The molecule has 2 aromatic carbocycles. The first-order valence-electron chi connectivity index (χ1n) is 7.56. The number of hydrogen-bond donors (Lipinski definition) is 2. The highest BCUT2D eigenvalue weighted by molar-refractivity contribution is 9.10. The van der Waals surface area contributed by atoms with Crippen LogP contribution in [-0.2, 0) is 4.79 Å². The number of nitrogens with one attached hydrogen (secondary N) is 1. The van der Waals surface area contributed by atoms with Crippen LogP contribution in [0.1, 0.15) is 25.0 Å². The van der Waals surface area contributed by atoms with E-state index in [1.54, 1.807) is 0 Å². The third-order valence-electron chi connectivity index (χ3n) is 3.31.